The van der Waals surface area contributed by atoms with E-state index in [4.69, 9.17) is 15.5 Å². The number of carbonyl (C=O) groups is 1. The SMILES string of the molecule is COc1ccc(-c2cc(-c3cccs3)nc3sc(C(=O)Nc4c(C)cccc4C)c(N)c23)cc1. The third-order valence-corrected chi connectivity index (χ3v) is 7.79. The largest absolute Gasteiger partial charge is 0.497 e. The molecule has 0 aliphatic heterocycles. The highest BCUT2D eigenvalue weighted by Crippen LogP contribution is 2.42. The molecule has 0 radical (unpaired) electrons. The number of rotatable bonds is 5. The van der Waals surface area contributed by atoms with Gasteiger partial charge in [0.2, 0.25) is 0 Å². The normalized spacial score (nSPS) is 11.0. The minimum absolute atomic E-state index is 0.226. The molecule has 170 valence electrons. The fourth-order valence-electron chi connectivity index (χ4n) is 4.02. The van der Waals surface area contributed by atoms with Gasteiger partial charge in [0.25, 0.3) is 5.91 Å². The lowest BCUT2D eigenvalue weighted by atomic mass is 10.0. The Morgan fingerprint density at radius 1 is 1.03 bits per heavy atom. The number of thiophene rings is 2. The van der Waals surface area contributed by atoms with Gasteiger partial charge in [-0.1, -0.05) is 36.4 Å². The molecule has 0 saturated carbocycles. The molecule has 5 nitrogen and oxygen atoms in total. The van der Waals surface area contributed by atoms with Crippen molar-refractivity contribution in [3.05, 3.63) is 82.0 Å². The number of pyridine rings is 1. The molecule has 2 aromatic carbocycles. The van der Waals surface area contributed by atoms with Crippen LogP contribution in [-0.2, 0) is 0 Å². The van der Waals surface area contributed by atoms with Crippen LogP contribution < -0.4 is 15.8 Å². The van der Waals surface area contributed by atoms with Crippen LogP contribution >= 0.6 is 22.7 Å². The second kappa shape index (κ2) is 8.93. The molecule has 34 heavy (non-hydrogen) atoms. The van der Waals surface area contributed by atoms with E-state index >= 15 is 0 Å². The van der Waals surface area contributed by atoms with Crippen molar-refractivity contribution in [3.8, 4) is 27.4 Å². The molecule has 3 N–H and O–H groups in total. The fourth-order valence-corrected chi connectivity index (χ4v) is 5.72. The first-order valence-electron chi connectivity index (χ1n) is 10.7. The molecule has 5 aromatic rings. The van der Waals surface area contributed by atoms with Crippen LogP contribution in [0, 0.1) is 13.8 Å². The summed E-state index contributed by atoms with van der Waals surface area (Å²) in [5.74, 6) is 0.552. The van der Waals surface area contributed by atoms with E-state index in [2.05, 4.69) is 5.32 Å². The van der Waals surface area contributed by atoms with Crippen molar-refractivity contribution in [2.45, 2.75) is 13.8 Å². The Morgan fingerprint density at radius 3 is 2.41 bits per heavy atom. The lowest BCUT2D eigenvalue weighted by Crippen LogP contribution is -2.13. The first-order chi connectivity index (χ1) is 16.5. The van der Waals surface area contributed by atoms with Gasteiger partial charge in [-0.25, -0.2) is 4.98 Å². The Hall–Kier alpha value is -3.68. The average molecular weight is 486 g/mol. The van der Waals surface area contributed by atoms with E-state index in [9.17, 15) is 4.79 Å². The van der Waals surface area contributed by atoms with Crippen molar-refractivity contribution < 1.29 is 9.53 Å². The minimum atomic E-state index is -0.226. The number of anilines is 2. The van der Waals surface area contributed by atoms with Crippen molar-refractivity contribution in [2.24, 2.45) is 0 Å². The van der Waals surface area contributed by atoms with E-state index in [1.165, 1.54) is 11.3 Å². The number of nitrogens with one attached hydrogen (secondary N) is 1. The maximum absolute atomic E-state index is 13.3. The number of benzene rings is 2. The topological polar surface area (TPSA) is 77.2 Å². The standard InChI is InChI=1S/C27H23N3O2S2/c1-15-6-4-7-16(2)24(15)30-26(31)25-23(28)22-19(17-9-11-18(32-3)12-10-17)14-20(29-27(22)34-25)21-8-5-13-33-21/h4-14H,28H2,1-3H3,(H,30,31). The Labute approximate surface area is 205 Å². The van der Waals surface area contributed by atoms with Gasteiger partial charge in [0.15, 0.2) is 0 Å². The minimum Gasteiger partial charge on any atom is -0.497 e. The lowest BCUT2D eigenvalue weighted by Gasteiger charge is -2.11. The number of nitrogen functional groups attached to an aromatic ring is 1. The van der Waals surface area contributed by atoms with Crippen molar-refractivity contribution in [1.29, 1.82) is 0 Å². The zero-order valence-electron chi connectivity index (χ0n) is 19.0. The van der Waals surface area contributed by atoms with Crippen LogP contribution in [0.3, 0.4) is 0 Å². The number of amides is 1. The Kier molecular flexibility index (Phi) is 5.81. The van der Waals surface area contributed by atoms with Gasteiger partial charge in [-0.2, -0.15) is 0 Å². The number of aromatic nitrogens is 1. The summed E-state index contributed by atoms with van der Waals surface area (Å²) >= 11 is 2.95. The maximum Gasteiger partial charge on any atom is 0.267 e. The van der Waals surface area contributed by atoms with E-state index in [-0.39, 0.29) is 5.91 Å². The summed E-state index contributed by atoms with van der Waals surface area (Å²) in [4.78, 5) is 20.5. The summed E-state index contributed by atoms with van der Waals surface area (Å²) < 4.78 is 5.32. The highest BCUT2D eigenvalue weighted by atomic mass is 32.1. The van der Waals surface area contributed by atoms with E-state index in [1.807, 2.05) is 79.9 Å². The number of para-hydroxylation sites is 1. The van der Waals surface area contributed by atoms with Gasteiger partial charge in [-0.3, -0.25) is 4.79 Å². The van der Waals surface area contributed by atoms with E-state index in [0.717, 1.165) is 54.5 Å². The average Bonchev–Trinajstić information content (AvgIpc) is 3.49. The molecule has 1 amide bonds. The highest BCUT2D eigenvalue weighted by Gasteiger charge is 2.22. The fraction of sp³-hybridized carbons (Fsp3) is 0.111. The van der Waals surface area contributed by atoms with Crippen LogP contribution in [0.25, 0.3) is 31.9 Å². The van der Waals surface area contributed by atoms with Gasteiger partial charge in [0, 0.05) is 11.1 Å². The molecular formula is C27H23N3O2S2. The third-order valence-electron chi connectivity index (χ3n) is 5.80. The zero-order valence-corrected chi connectivity index (χ0v) is 20.6. The smallest absolute Gasteiger partial charge is 0.267 e. The van der Waals surface area contributed by atoms with E-state index in [0.29, 0.717) is 10.6 Å². The van der Waals surface area contributed by atoms with Gasteiger partial charge >= 0.3 is 0 Å². The molecule has 5 rings (SSSR count). The predicted molar refractivity (Wildman–Crippen MR) is 143 cm³/mol. The Balaban J connectivity index is 1.67. The Bertz CT molecular complexity index is 1480. The molecular weight excluding hydrogens is 462 g/mol. The van der Waals surface area contributed by atoms with Crippen LogP contribution in [0.5, 0.6) is 5.75 Å². The molecule has 0 saturated heterocycles. The first-order valence-corrected chi connectivity index (χ1v) is 12.4. The number of hydrogen-bond acceptors (Lipinski definition) is 6. The molecule has 0 aliphatic carbocycles. The molecule has 0 bridgehead atoms. The molecule has 0 fully saturated rings. The van der Waals surface area contributed by atoms with Crippen molar-refractivity contribution >= 4 is 50.2 Å². The number of carbonyl (C=O) groups excluding carboxylic acids is 1. The van der Waals surface area contributed by atoms with E-state index < -0.39 is 0 Å². The number of aryl methyl sites for hydroxylation is 2. The van der Waals surface area contributed by atoms with Crippen LogP contribution in [0.2, 0.25) is 0 Å². The van der Waals surface area contributed by atoms with Gasteiger partial charge in [-0.05, 0) is 65.7 Å². The highest BCUT2D eigenvalue weighted by molar-refractivity contribution is 7.21. The van der Waals surface area contributed by atoms with Crippen molar-refractivity contribution in [3.63, 3.8) is 0 Å². The van der Waals surface area contributed by atoms with E-state index in [1.54, 1.807) is 18.4 Å². The zero-order chi connectivity index (χ0) is 23.8. The van der Waals surface area contributed by atoms with Crippen LogP contribution in [-0.4, -0.2) is 18.0 Å². The molecule has 3 heterocycles. The number of nitrogens with zero attached hydrogens (tertiary/aromatic N) is 1. The number of hydrogen-bond donors (Lipinski definition) is 2. The van der Waals surface area contributed by atoms with Gasteiger partial charge in [0.05, 0.1) is 23.4 Å². The summed E-state index contributed by atoms with van der Waals surface area (Å²) in [6.07, 6.45) is 0. The predicted octanol–water partition coefficient (Wildman–Crippen LogP) is 7.15. The summed E-state index contributed by atoms with van der Waals surface area (Å²) in [7, 11) is 1.65. The van der Waals surface area contributed by atoms with Crippen LogP contribution in [0.4, 0.5) is 11.4 Å². The molecule has 7 heteroatoms. The van der Waals surface area contributed by atoms with Crippen molar-refractivity contribution in [1.82, 2.24) is 4.98 Å². The number of ether oxygens (including phenoxy) is 1. The van der Waals surface area contributed by atoms with Crippen LogP contribution in [0.1, 0.15) is 20.8 Å². The van der Waals surface area contributed by atoms with Crippen LogP contribution in [0.15, 0.2) is 66.0 Å². The van der Waals surface area contributed by atoms with Gasteiger partial charge in [-0.15, -0.1) is 22.7 Å². The molecule has 0 spiro atoms. The summed E-state index contributed by atoms with van der Waals surface area (Å²) in [6.45, 7) is 3.96. The molecule has 0 unspecified atom stereocenters. The monoisotopic (exact) mass is 485 g/mol. The second-order valence-electron chi connectivity index (χ2n) is 8.01. The summed E-state index contributed by atoms with van der Waals surface area (Å²) in [6, 6.07) is 19.9. The quantitative estimate of drug-likeness (QED) is 0.277. The number of methoxy groups -OCH3 is 1. The summed E-state index contributed by atoms with van der Waals surface area (Å²) in [5.41, 5.74) is 12.7. The van der Waals surface area contributed by atoms with Gasteiger partial charge < -0.3 is 15.8 Å². The summed E-state index contributed by atoms with van der Waals surface area (Å²) in [5, 5.41) is 5.88. The maximum atomic E-state index is 13.3. The number of fused-ring (bicyclic) bond motifs is 1. The second-order valence-corrected chi connectivity index (χ2v) is 9.95. The molecule has 0 atom stereocenters. The lowest BCUT2D eigenvalue weighted by molar-refractivity contribution is 0.103. The Morgan fingerprint density at radius 2 is 1.76 bits per heavy atom. The molecule has 3 aromatic heterocycles. The first kappa shape index (κ1) is 22.1. The van der Waals surface area contributed by atoms with Gasteiger partial charge in [0.1, 0.15) is 15.5 Å². The third kappa shape index (κ3) is 3.93. The van der Waals surface area contributed by atoms with Crippen molar-refractivity contribution in [2.75, 3.05) is 18.2 Å². The molecule has 0 aliphatic rings. The number of nitrogens with two attached hydrogens (primary N) is 1.